The van der Waals surface area contributed by atoms with E-state index < -0.39 is 5.60 Å². The lowest BCUT2D eigenvalue weighted by molar-refractivity contribution is 0.102. The van der Waals surface area contributed by atoms with Crippen LogP contribution in [0.15, 0.2) is 0 Å². The van der Waals surface area contributed by atoms with Crippen LogP contribution in [0.3, 0.4) is 0 Å². The SMILES string of the molecule is CC(C)(C)O.CCC(C)C.CCCC(C)O.CCCCC. The van der Waals surface area contributed by atoms with E-state index in [1.54, 1.807) is 20.8 Å². The third-order valence-electron chi connectivity index (χ3n) is 2.23. The molecule has 0 aromatic carbocycles. The first kappa shape index (κ1) is 29.0. The van der Waals surface area contributed by atoms with Gasteiger partial charge in [-0.2, -0.15) is 0 Å². The second-order valence-corrected chi connectivity index (χ2v) is 6.96. The smallest absolute Gasteiger partial charge is 0.0563 e. The Kier molecular flexibility index (Phi) is 30.7. The molecule has 2 heteroatoms. The molecule has 1 atom stereocenters. The van der Waals surface area contributed by atoms with Gasteiger partial charge < -0.3 is 10.2 Å². The summed E-state index contributed by atoms with van der Waals surface area (Å²) in [6.07, 6.45) is 7.29. The van der Waals surface area contributed by atoms with E-state index in [1.807, 2.05) is 6.92 Å². The van der Waals surface area contributed by atoms with Gasteiger partial charge in [0, 0.05) is 0 Å². The molecule has 0 radical (unpaired) electrons. The molecule has 0 spiro atoms. The van der Waals surface area contributed by atoms with Crippen LogP contribution in [-0.2, 0) is 0 Å². The first-order valence-corrected chi connectivity index (χ1v) is 8.86. The number of unbranched alkanes of at least 4 members (excludes halogenated alkanes) is 2. The fourth-order valence-electron chi connectivity index (χ4n) is 0.771. The van der Waals surface area contributed by atoms with Crippen molar-refractivity contribution < 1.29 is 10.2 Å². The number of aliphatic hydroxyl groups is 2. The highest BCUT2D eigenvalue weighted by molar-refractivity contribution is 4.50. The zero-order valence-corrected chi connectivity index (χ0v) is 16.8. The number of hydrogen-bond acceptors (Lipinski definition) is 2. The molecular weight excluding hydrogens is 260 g/mol. The third-order valence-corrected chi connectivity index (χ3v) is 2.23. The van der Waals surface area contributed by atoms with E-state index in [1.165, 1.54) is 25.7 Å². The number of aliphatic hydroxyl groups excluding tert-OH is 1. The lowest BCUT2D eigenvalue weighted by Gasteiger charge is -2.04. The molecule has 0 aromatic rings. The highest BCUT2D eigenvalue weighted by atomic mass is 16.3. The largest absolute Gasteiger partial charge is 0.393 e. The van der Waals surface area contributed by atoms with Gasteiger partial charge in [-0.3, -0.25) is 0 Å². The van der Waals surface area contributed by atoms with Crippen LogP contribution >= 0.6 is 0 Å². The Balaban J connectivity index is -0.0000000921. The second-order valence-electron chi connectivity index (χ2n) is 6.96. The maximum Gasteiger partial charge on any atom is 0.0563 e. The van der Waals surface area contributed by atoms with Crippen molar-refractivity contribution in [3.05, 3.63) is 0 Å². The molecule has 1 unspecified atom stereocenters. The summed E-state index contributed by atoms with van der Waals surface area (Å²) < 4.78 is 0. The predicted octanol–water partition coefficient (Wildman–Crippen LogP) is 6.19. The van der Waals surface area contributed by atoms with Gasteiger partial charge in [-0.15, -0.1) is 0 Å². The Morgan fingerprint density at radius 2 is 1.10 bits per heavy atom. The first-order valence-electron chi connectivity index (χ1n) is 8.86. The van der Waals surface area contributed by atoms with E-state index in [2.05, 4.69) is 41.5 Å². The number of rotatable bonds is 5. The van der Waals surface area contributed by atoms with Gasteiger partial charge in [0.15, 0.2) is 0 Å². The first-order chi connectivity index (χ1) is 9.45. The topological polar surface area (TPSA) is 40.5 Å². The molecule has 0 saturated heterocycles. The maximum atomic E-state index is 8.55. The molecule has 0 aromatic heterocycles. The second kappa shape index (κ2) is 22.2. The van der Waals surface area contributed by atoms with Crippen molar-refractivity contribution in [3.8, 4) is 0 Å². The summed E-state index contributed by atoms with van der Waals surface area (Å²) in [4.78, 5) is 0. The van der Waals surface area contributed by atoms with Crippen molar-refractivity contribution in [2.75, 3.05) is 0 Å². The van der Waals surface area contributed by atoms with Gasteiger partial charge >= 0.3 is 0 Å². The zero-order chi connectivity index (χ0) is 17.9. The minimum Gasteiger partial charge on any atom is -0.393 e. The van der Waals surface area contributed by atoms with Crippen LogP contribution in [0.1, 0.15) is 108 Å². The van der Waals surface area contributed by atoms with Crippen LogP contribution < -0.4 is 0 Å². The van der Waals surface area contributed by atoms with Crippen LogP contribution in [0.25, 0.3) is 0 Å². The van der Waals surface area contributed by atoms with Crippen molar-refractivity contribution in [1.82, 2.24) is 0 Å². The lowest BCUT2D eigenvalue weighted by Crippen LogP contribution is -2.10. The fourth-order valence-corrected chi connectivity index (χ4v) is 0.771. The minimum absolute atomic E-state index is 0.102. The highest BCUT2D eigenvalue weighted by Crippen LogP contribution is 1.94. The molecule has 2 N–H and O–H groups in total. The van der Waals surface area contributed by atoms with Crippen LogP contribution in [0.5, 0.6) is 0 Å². The van der Waals surface area contributed by atoms with Gasteiger partial charge in [0.1, 0.15) is 0 Å². The van der Waals surface area contributed by atoms with Crippen LogP contribution in [0.4, 0.5) is 0 Å². The monoisotopic (exact) mass is 306 g/mol. The van der Waals surface area contributed by atoms with Gasteiger partial charge in [-0.1, -0.05) is 73.6 Å². The zero-order valence-electron chi connectivity index (χ0n) is 16.8. The van der Waals surface area contributed by atoms with E-state index in [0.717, 1.165) is 18.8 Å². The molecular formula is C19H46O2. The van der Waals surface area contributed by atoms with E-state index in [-0.39, 0.29) is 6.10 Å². The summed E-state index contributed by atoms with van der Waals surface area (Å²) >= 11 is 0. The highest BCUT2D eigenvalue weighted by Gasteiger charge is 1.97. The average Bonchev–Trinajstić information content (AvgIpc) is 2.29. The molecule has 0 rings (SSSR count). The third kappa shape index (κ3) is 134. The normalized spacial score (nSPS) is 11.3. The maximum absolute atomic E-state index is 8.55. The van der Waals surface area contributed by atoms with Crippen molar-refractivity contribution in [1.29, 1.82) is 0 Å². The molecule has 21 heavy (non-hydrogen) atoms. The Hall–Kier alpha value is -0.0800. The quantitative estimate of drug-likeness (QED) is 0.635. The van der Waals surface area contributed by atoms with Crippen molar-refractivity contribution >= 4 is 0 Å². The van der Waals surface area contributed by atoms with Crippen LogP contribution in [0.2, 0.25) is 0 Å². The predicted molar refractivity (Wildman–Crippen MR) is 98.9 cm³/mol. The molecule has 0 aliphatic rings. The van der Waals surface area contributed by atoms with Crippen molar-refractivity contribution in [3.63, 3.8) is 0 Å². The summed E-state index contributed by atoms with van der Waals surface area (Å²) in [5, 5.41) is 17.1. The standard InChI is InChI=1S/C5H12O.2C5H12.C4H10O/c1-3-4-5(2)6;1-4-5(2)3;1-3-5-4-2;1-4(2,3)5/h5-6H,3-4H2,1-2H3;5H,4H2,1-3H3;3-5H2,1-2H3;5H,1-3H3. The molecule has 0 aliphatic carbocycles. The summed E-state index contributed by atoms with van der Waals surface area (Å²) in [6, 6.07) is 0. The Bertz CT molecular complexity index is 138. The van der Waals surface area contributed by atoms with Gasteiger partial charge in [-0.25, -0.2) is 0 Å². The summed E-state index contributed by atoms with van der Waals surface area (Å²) in [5.41, 5.74) is -0.500. The van der Waals surface area contributed by atoms with Gasteiger partial charge in [-0.05, 0) is 40.0 Å². The molecule has 134 valence electrons. The van der Waals surface area contributed by atoms with Crippen molar-refractivity contribution in [2.45, 2.75) is 119 Å². The summed E-state index contributed by atoms with van der Waals surface area (Å²) in [5.74, 6) is 0.884. The minimum atomic E-state index is -0.500. The summed E-state index contributed by atoms with van der Waals surface area (Å²) in [7, 11) is 0. The Labute approximate surface area is 136 Å². The summed E-state index contributed by atoms with van der Waals surface area (Å²) in [6.45, 7) is 20.2. The lowest BCUT2D eigenvalue weighted by atomic mass is 10.2. The van der Waals surface area contributed by atoms with E-state index in [9.17, 15) is 0 Å². The molecule has 0 fully saturated rings. The molecule has 0 saturated carbocycles. The molecule has 2 nitrogen and oxygen atoms in total. The molecule has 0 heterocycles. The average molecular weight is 307 g/mol. The van der Waals surface area contributed by atoms with E-state index >= 15 is 0 Å². The van der Waals surface area contributed by atoms with Crippen LogP contribution in [0, 0.1) is 5.92 Å². The fraction of sp³-hybridized carbons (Fsp3) is 1.00. The molecule has 0 aliphatic heterocycles. The van der Waals surface area contributed by atoms with Crippen LogP contribution in [-0.4, -0.2) is 21.9 Å². The van der Waals surface area contributed by atoms with Crippen molar-refractivity contribution in [2.24, 2.45) is 5.92 Å². The van der Waals surface area contributed by atoms with Gasteiger partial charge in [0.05, 0.1) is 11.7 Å². The molecule has 0 amide bonds. The Morgan fingerprint density at radius 1 is 0.810 bits per heavy atom. The van der Waals surface area contributed by atoms with Gasteiger partial charge in [0.2, 0.25) is 0 Å². The molecule has 0 bridgehead atoms. The van der Waals surface area contributed by atoms with E-state index in [0.29, 0.717) is 0 Å². The van der Waals surface area contributed by atoms with E-state index in [4.69, 9.17) is 10.2 Å². The van der Waals surface area contributed by atoms with Gasteiger partial charge in [0.25, 0.3) is 0 Å². The Morgan fingerprint density at radius 3 is 1.10 bits per heavy atom. The number of hydrogen-bond donors (Lipinski definition) is 2.